The van der Waals surface area contributed by atoms with Crippen molar-refractivity contribution < 1.29 is 19.0 Å². The minimum atomic E-state index is -0.113. The van der Waals surface area contributed by atoms with Crippen molar-refractivity contribution in [3.63, 3.8) is 0 Å². The standard InChI is InChI=1S/C21H26N2O4/c1-25-12-10-18-15-23(11-13-27-18)21(24)22-17-7-5-6-16(14-17)19-8-3-4-9-20(19)26-2/h3-9,14,18H,10-13,15H2,1-2H3,(H,22,24)/t18-/m0/s1. The summed E-state index contributed by atoms with van der Waals surface area (Å²) in [7, 11) is 3.32. The molecule has 1 saturated heterocycles. The minimum Gasteiger partial charge on any atom is -0.496 e. The van der Waals surface area contributed by atoms with Crippen molar-refractivity contribution >= 4 is 11.7 Å². The summed E-state index contributed by atoms with van der Waals surface area (Å²) in [6.07, 6.45) is 0.799. The summed E-state index contributed by atoms with van der Waals surface area (Å²) < 4.78 is 16.2. The van der Waals surface area contributed by atoms with Crippen LogP contribution >= 0.6 is 0 Å². The molecule has 0 saturated carbocycles. The Kier molecular flexibility index (Phi) is 6.68. The van der Waals surface area contributed by atoms with Gasteiger partial charge in [-0.1, -0.05) is 30.3 Å². The van der Waals surface area contributed by atoms with Gasteiger partial charge in [-0.2, -0.15) is 0 Å². The molecule has 6 nitrogen and oxygen atoms in total. The van der Waals surface area contributed by atoms with Gasteiger partial charge in [0.15, 0.2) is 0 Å². The lowest BCUT2D eigenvalue weighted by molar-refractivity contribution is -0.0260. The Morgan fingerprint density at radius 2 is 2.07 bits per heavy atom. The molecule has 0 bridgehead atoms. The van der Waals surface area contributed by atoms with Gasteiger partial charge in [-0.25, -0.2) is 4.79 Å². The van der Waals surface area contributed by atoms with Gasteiger partial charge >= 0.3 is 6.03 Å². The molecule has 3 rings (SSSR count). The molecule has 2 amide bonds. The Morgan fingerprint density at radius 1 is 1.22 bits per heavy atom. The number of nitrogens with zero attached hydrogens (tertiary/aromatic N) is 1. The monoisotopic (exact) mass is 370 g/mol. The summed E-state index contributed by atoms with van der Waals surface area (Å²) in [5.74, 6) is 0.801. The second-order valence-corrected chi connectivity index (χ2v) is 6.43. The zero-order valence-electron chi connectivity index (χ0n) is 15.8. The van der Waals surface area contributed by atoms with E-state index < -0.39 is 0 Å². The first-order valence-electron chi connectivity index (χ1n) is 9.11. The molecule has 1 N–H and O–H groups in total. The number of nitrogens with one attached hydrogen (secondary N) is 1. The second kappa shape index (κ2) is 9.39. The third kappa shape index (κ3) is 4.99. The smallest absolute Gasteiger partial charge is 0.322 e. The van der Waals surface area contributed by atoms with Crippen molar-refractivity contribution in [2.75, 3.05) is 45.8 Å². The number of para-hydroxylation sites is 1. The number of carbonyl (C=O) groups is 1. The summed E-state index contributed by atoms with van der Waals surface area (Å²) in [5, 5.41) is 3.00. The van der Waals surface area contributed by atoms with E-state index in [1.54, 1.807) is 19.1 Å². The highest BCUT2D eigenvalue weighted by atomic mass is 16.5. The Morgan fingerprint density at radius 3 is 2.89 bits per heavy atom. The molecule has 27 heavy (non-hydrogen) atoms. The maximum Gasteiger partial charge on any atom is 0.322 e. The number of amides is 2. The fourth-order valence-electron chi connectivity index (χ4n) is 3.18. The van der Waals surface area contributed by atoms with Crippen molar-refractivity contribution in [2.24, 2.45) is 0 Å². The van der Waals surface area contributed by atoms with E-state index in [0.29, 0.717) is 26.3 Å². The molecule has 144 valence electrons. The molecule has 0 aliphatic carbocycles. The molecule has 2 aromatic rings. The third-order valence-corrected chi connectivity index (χ3v) is 4.60. The number of ether oxygens (including phenoxy) is 3. The molecule has 2 aromatic carbocycles. The molecule has 1 fully saturated rings. The number of hydrogen-bond donors (Lipinski definition) is 1. The SMILES string of the molecule is COCC[C@H]1CN(C(=O)Nc2cccc(-c3ccccc3OC)c2)CCO1. The molecule has 0 radical (unpaired) electrons. The van der Waals surface area contributed by atoms with Crippen LogP contribution in [-0.4, -0.2) is 57.6 Å². The maximum absolute atomic E-state index is 12.7. The number of hydrogen-bond acceptors (Lipinski definition) is 4. The van der Waals surface area contributed by atoms with Crippen LogP contribution in [0.25, 0.3) is 11.1 Å². The average molecular weight is 370 g/mol. The van der Waals surface area contributed by atoms with Crippen LogP contribution < -0.4 is 10.1 Å². The van der Waals surface area contributed by atoms with Gasteiger partial charge in [-0.3, -0.25) is 0 Å². The molecule has 1 aliphatic heterocycles. The summed E-state index contributed by atoms with van der Waals surface area (Å²) >= 11 is 0. The number of benzene rings is 2. The molecule has 0 aromatic heterocycles. The number of methoxy groups -OCH3 is 2. The quantitative estimate of drug-likeness (QED) is 0.844. The van der Waals surface area contributed by atoms with Crippen molar-refractivity contribution in [1.29, 1.82) is 0 Å². The van der Waals surface area contributed by atoms with Crippen molar-refractivity contribution in [2.45, 2.75) is 12.5 Å². The summed E-state index contributed by atoms with van der Waals surface area (Å²) in [4.78, 5) is 14.5. The second-order valence-electron chi connectivity index (χ2n) is 6.43. The highest BCUT2D eigenvalue weighted by Gasteiger charge is 2.24. The Balaban J connectivity index is 1.68. The zero-order valence-corrected chi connectivity index (χ0v) is 15.8. The maximum atomic E-state index is 12.7. The normalized spacial score (nSPS) is 16.8. The van der Waals surface area contributed by atoms with Crippen LogP contribution in [0, 0.1) is 0 Å². The van der Waals surface area contributed by atoms with Crippen LogP contribution in [0.2, 0.25) is 0 Å². The van der Waals surface area contributed by atoms with E-state index in [1.165, 1.54) is 0 Å². The summed E-state index contributed by atoms with van der Waals surface area (Å²) in [6.45, 7) is 2.33. The van der Waals surface area contributed by atoms with E-state index in [9.17, 15) is 4.79 Å². The van der Waals surface area contributed by atoms with Crippen LogP contribution in [0.3, 0.4) is 0 Å². The minimum absolute atomic E-state index is 0.0179. The van der Waals surface area contributed by atoms with Crippen molar-refractivity contribution in [1.82, 2.24) is 4.90 Å². The highest BCUT2D eigenvalue weighted by molar-refractivity contribution is 5.90. The largest absolute Gasteiger partial charge is 0.496 e. The number of morpholine rings is 1. The summed E-state index contributed by atoms with van der Waals surface area (Å²) in [5.41, 5.74) is 2.73. The van der Waals surface area contributed by atoms with E-state index in [0.717, 1.165) is 29.0 Å². The van der Waals surface area contributed by atoms with Crippen LogP contribution in [0.5, 0.6) is 5.75 Å². The van der Waals surface area contributed by atoms with E-state index in [-0.39, 0.29) is 12.1 Å². The van der Waals surface area contributed by atoms with E-state index in [2.05, 4.69) is 5.32 Å². The third-order valence-electron chi connectivity index (χ3n) is 4.60. The van der Waals surface area contributed by atoms with E-state index in [1.807, 2.05) is 48.5 Å². The fourth-order valence-corrected chi connectivity index (χ4v) is 3.18. The van der Waals surface area contributed by atoms with Gasteiger partial charge in [-0.05, 0) is 30.2 Å². The first-order valence-corrected chi connectivity index (χ1v) is 9.11. The Hall–Kier alpha value is -2.57. The lowest BCUT2D eigenvalue weighted by Crippen LogP contribution is -2.47. The number of anilines is 1. The predicted molar refractivity (Wildman–Crippen MR) is 105 cm³/mol. The number of urea groups is 1. The van der Waals surface area contributed by atoms with E-state index >= 15 is 0 Å². The van der Waals surface area contributed by atoms with Crippen molar-refractivity contribution in [3.05, 3.63) is 48.5 Å². The molecular formula is C21H26N2O4. The van der Waals surface area contributed by atoms with Gasteiger partial charge in [0.2, 0.25) is 0 Å². The molecular weight excluding hydrogens is 344 g/mol. The predicted octanol–water partition coefficient (Wildman–Crippen LogP) is 3.63. The first kappa shape index (κ1) is 19.2. The number of rotatable bonds is 6. The topological polar surface area (TPSA) is 60.0 Å². The molecule has 6 heteroatoms. The lowest BCUT2D eigenvalue weighted by atomic mass is 10.0. The van der Waals surface area contributed by atoms with Gasteiger partial charge in [0.1, 0.15) is 5.75 Å². The van der Waals surface area contributed by atoms with E-state index in [4.69, 9.17) is 14.2 Å². The molecule has 0 spiro atoms. The summed E-state index contributed by atoms with van der Waals surface area (Å²) in [6, 6.07) is 15.5. The Bertz CT molecular complexity index is 765. The van der Waals surface area contributed by atoms with Gasteiger partial charge in [0.25, 0.3) is 0 Å². The Labute approximate surface area is 160 Å². The van der Waals surface area contributed by atoms with Gasteiger partial charge in [0.05, 0.1) is 19.8 Å². The first-order chi connectivity index (χ1) is 13.2. The molecule has 0 unspecified atom stereocenters. The van der Waals surface area contributed by atoms with Gasteiger partial charge < -0.3 is 24.4 Å². The molecule has 1 heterocycles. The number of carbonyl (C=O) groups excluding carboxylic acids is 1. The molecule has 1 atom stereocenters. The van der Waals surface area contributed by atoms with Crippen molar-refractivity contribution in [3.8, 4) is 16.9 Å². The molecule has 1 aliphatic rings. The highest BCUT2D eigenvalue weighted by Crippen LogP contribution is 2.31. The van der Waals surface area contributed by atoms with Gasteiger partial charge in [-0.15, -0.1) is 0 Å². The lowest BCUT2D eigenvalue weighted by Gasteiger charge is -2.33. The average Bonchev–Trinajstić information content (AvgIpc) is 2.72. The van der Waals surface area contributed by atoms with Crippen LogP contribution in [0.1, 0.15) is 6.42 Å². The van der Waals surface area contributed by atoms with Crippen LogP contribution in [-0.2, 0) is 9.47 Å². The zero-order chi connectivity index (χ0) is 19.1. The van der Waals surface area contributed by atoms with Crippen LogP contribution in [0.4, 0.5) is 10.5 Å². The fraction of sp³-hybridized carbons (Fsp3) is 0.381. The van der Waals surface area contributed by atoms with Crippen LogP contribution in [0.15, 0.2) is 48.5 Å². The van der Waals surface area contributed by atoms with Gasteiger partial charge in [0, 0.05) is 38.1 Å².